The van der Waals surface area contributed by atoms with E-state index in [0.717, 1.165) is 31.4 Å². The van der Waals surface area contributed by atoms with Gasteiger partial charge in [-0.3, -0.25) is 8.91 Å². The largest absolute Gasteiger partial charge is 0.516 e. The smallest absolute Gasteiger partial charge is 0.275 e. The SMILES string of the molecule is CCCCCCCCCCCCOS(=O)(=O)c1ccc(NS(=O)(=O)C(F)(F)F)c2ccccc12. The number of nitrogens with one attached hydrogen (secondary N) is 1. The summed E-state index contributed by atoms with van der Waals surface area (Å²) in [6, 6.07) is 7.73. The lowest BCUT2D eigenvalue weighted by atomic mass is 10.1. The van der Waals surface area contributed by atoms with Gasteiger partial charge in [-0.25, -0.2) is 0 Å². The van der Waals surface area contributed by atoms with Gasteiger partial charge in [0.15, 0.2) is 0 Å². The molecular formula is C23H32F3NO5S2. The molecule has 6 nitrogen and oxygen atoms in total. The second-order valence-electron chi connectivity index (χ2n) is 8.17. The fourth-order valence-electron chi connectivity index (χ4n) is 3.60. The van der Waals surface area contributed by atoms with E-state index in [9.17, 15) is 30.0 Å². The van der Waals surface area contributed by atoms with Crippen molar-refractivity contribution in [2.45, 2.75) is 81.5 Å². The second-order valence-corrected chi connectivity index (χ2v) is 11.4. The third-order valence-electron chi connectivity index (χ3n) is 5.44. The van der Waals surface area contributed by atoms with Gasteiger partial charge in [0.2, 0.25) is 0 Å². The van der Waals surface area contributed by atoms with Gasteiger partial charge in [-0.1, -0.05) is 89.0 Å². The average Bonchev–Trinajstić information content (AvgIpc) is 2.76. The summed E-state index contributed by atoms with van der Waals surface area (Å²) in [5, 5.41) is 0.0758. The van der Waals surface area contributed by atoms with Gasteiger partial charge < -0.3 is 0 Å². The lowest BCUT2D eigenvalue weighted by Crippen LogP contribution is -2.30. The van der Waals surface area contributed by atoms with Crippen LogP contribution in [0.2, 0.25) is 0 Å². The minimum atomic E-state index is -5.65. The number of hydrogen-bond donors (Lipinski definition) is 1. The van der Waals surface area contributed by atoms with Crippen molar-refractivity contribution in [1.29, 1.82) is 0 Å². The van der Waals surface area contributed by atoms with Crippen molar-refractivity contribution in [2.75, 3.05) is 11.3 Å². The monoisotopic (exact) mass is 523 g/mol. The van der Waals surface area contributed by atoms with E-state index in [0.29, 0.717) is 6.42 Å². The van der Waals surface area contributed by atoms with Crippen LogP contribution in [0, 0.1) is 0 Å². The van der Waals surface area contributed by atoms with Crippen LogP contribution in [0.4, 0.5) is 18.9 Å². The highest BCUT2D eigenvalue weighted by Crippen LogP contribution is 2.33. The summed E-state index contributed by atoms with van der Waals surface area (Å²) >= 11 is 0. The van der Waals surface area contributed by atoms with Crippen molar-refractivity contribution in [3.05, 3.63) is 36.4 Å². The van der Waals surface area contributed by atoms with Crippen LogP contribution in [0.15, 0.2) is 41.3 Å². The molecule has 192 valence electrons. The summed E-state index contributed by atoms with van der Waals surface area (Å²) in [6.07, 6.45) is 10.9. The van der Waals surface area contributed by atoms with Crippen molar-refractivity contribution in [3.8, 4) is 0 Å². The van der Waals surface area contributed by atoms with Crippen molar-refractivity contribution in [2.24, 2.45) is 0 Å². The first kappa shape index (κ1) is 28.4. The third-order valence-corrected chi connectivity index (χ3v) is 7.91. The quantitative estimate of drug-likeness (QED) is 0.207. The fraction of sp³-hybridized carbons (Fsp3) is 0.565. The van der Waals surface area contributed by atoms with Gasteiger partial charge >= 0.3 is 15.5 Å². The molecule has 0 aliphatic heterocycles. The zero-order valence-corrected chi connectivity index (χ0v) is 20.9. The van der Waals surface area contributed by atoms with E-state index in [1.54, 1.807) is 0 Å². The highest BCUT2D eigenvalue weighted by Gasteiger charge is 2.46. The maximum Gasteiger partial charge on any atom is 0.516 e. The van der Waals surface area contributed by atoms with Gasteiger partial charge in [0.05, 0.1) is 12.3 Å². The summed E-state index contributed by atoms with van der Waals surface area (Å²) in [5.41, 5.74) is -5.88. The fourth-order valence-corrected chi connectivity index (χ4v) is 5.33. The van der Waals surface area contributed by atoms with Crippen LogP contribution < -0.4 is 4.72 Å². The van der Waals surface area contributed by atoms with Crippen LogP contribution in [-0.2, 0) is 24.3 Å². The Bertz CT molecular complexity index is 1130. The minimum absolute atomic E-state index is 0.00435. The molecule has 0 heterocycles. The van der Waals surface area contributed by atoms with Crippen molar-refractivity contribution >= 4 is 36.6 Å². The number of rotatable bonds is 15. The van der Waals surface area contributed by atoms with Crippen LogP contribution in [0.1, 0.15) is 71.1 Å². The molecule has 0 atom stereocenters. The number of fused-ring (bicyclic) bond motifs is 1. The second kappa shape index (κ2) is 12.7. The van der Waals surface area contributed by atoms with E-state index in [4.69, 9.17) is 4.18 Å². The summed E-state index contributed by atoms with van der Waals surface area (Å²) < 4.78 is 93.3. The molecule has 0 saturated carbocycles. The van der Waals surface area contributed by atoms with Gasteiger partial charge in [0.1, 0.15) is 4.90 Å². The van der Waals surface area contributed by atoms with E-state index in [1.165, 1.54) is 67.5 Å². The van der Waals surface area contributed by atoms with E-state index in [1.807, 2.05) is 0 Å². The van der Waals surface area contributed by atoms with Crippen LogP contribution in [0.25, 0.3) is 10.8 Å². The number of alkyl halides is 3. The van der Waals surface area contributed by atoms with Crippen molar-refractivity contribution < 1.29 is 34.2 Å². The maximum atomic E-state index is 12.8. The van der Waals surface area contributed by atoms with Crippen LogP contribution in [0.5, 0.6) is 0 Å². The molecule has 0 aromatic heterocycles. The predicted octanol–water partition coefficient (Wildman–Crippen LogP) is 6.73. The van der Waals surface area contributed by atoms with Crippen LogP contribution in [-0.4, -0.2) is 29.0 Å². The molecule has 2 aromatic rings. The molecule has 2 aromatic carbocycles. The molecule has 34 heavy (non-hydrogen) atoms. The summed E-state index contributed by atoms with van der Waals surface area (Å²) in [5.74, 6) is 0. The number of halogens is 3. The first-order valence-electron chi connectivity index (χ1n) is 11.5. The molecule has 11 heteroatoms. The van der Waals surface area contributed by atoms with Gasteiger partial charge in [-0.15, -0.1) is 0 Å². The summed E-state index contributed by atoms with van der Waals surface area (Å²) in [6.45, 7) is 2.18. The van der Waals surface area contributed by atoms with Gasteiger partial charge in [0.25, 0.3) is 10.1 Å². The Morgan fingerprint density at radius 1 is 0.765 bits per heavy atom. The molecular weight excluding hydrogens is 491 g/mol. The van der Waals surface area contributed by atoms with Crippen LogP contribution in [0.3, 0.4) is 0 Å². The first-order valence-corrected chi connectivity index (χ1v) is 14.4. The molecule has 0 fully saturated rings. The van der Waals surface area contributed by atoms with Crippen molar-refractivity contribution in [1.82, 2.24) is 0 Å². The van der Waals surface area contributed by atoms with E-state index < -0.39 is 25.6 Å². The molecule has 0 aliphatic carbocycles. The van der Waals surface area contributed by atoms with Crippen LogP contribution >= 0.6 is 0 Å². The first-order chi connectivity index (χ1) is 16.0. The Hall–Kier alpha value is -1.85. The lowest BCUT2D eigenvalue weighted by Gasteiger charge is -2.15. The maximum absolute atomic E-state index is 12.8. The lowest BCUT2D eigenvalue weighted by molar-refractivity contribution is -0.0429. The number of sulfonamides is 1. The molecule has 0 radical (unpaired) electrons. The Kier molecular flexibility index (Phi) is 10.6. The summed E-state index contributed by atoms with van der Waals surface area (Å²) in [7, 11) is -9.84. The molecule has 2 rings (SSSR count). The highest BCUT2D eigenvalue weighted by molar-refractivity contribution is 7.93. The third kappa shape index (κ3) is 8.13. The Morgan fingerprint density at radius 2 is 1.29 bits per heavy atom. The van der Waals surface area contributed by atoms with Gasteiger partial charge in [0, 0.05) is 10.8 Å². The Labute approximate surface area is 200 Å². The Morgan fingerprint density at radius 3 is 1.85 bits per heavy atom. The highest BCUT2D eigenvalue weighted by atomic mass is 32.2. The summed E-state index contributed by atoms with van der Waals surface area (Å²) in [4.78, 5) is -0.231. The zero-order chi connectivity index (χ0) is 25.2. The molecule has 1 N–H and O–H groups in total. The molecule has 0 aliphatic rings. The standard InChI is InChI=1S/C23H32F3NO5S2/c1-2-3-4-5-6-7-8-9-10-13-18-32-33(28,29)22-17-16-21(19-14-11-12-15-20(19)22)27-34(30,31)23(24,25)26/h11-12,14-17,27H,2-10,13,18H2,1H3. The number of anilines is 1. The normalized spacial score (nSPS) is 12.8. The van der Waals surface area contributed by atoms with Gasteiger partial charge in [-0.2, -0.15) is 30.0 Å². The number of hydrogen-bond acceptors (Lipinski definition) is 5. The van der Waals surface area contributed by atoms with E-state index in [-0.39, 0.29) is 28.0 Å². The minimum Gasteiger partial charge on any atom is -0.275 e. The van der Waals surface area contributed by atoms with Gasteiger partial charge in [-0.05, 0) is 18.6 Å². The zero-order valence-electron chi connectivity index (χ0n) is 19.2. The number of unbranched alkanes of at least 4 members (excludes halogenated alkanes) is 9. The molecule has 0 spiro atoms. The van der Waals surface area contributed by atoms with E-state index in [2.05, 4.69) is 6.92 Å². The van der Waals surface area contributed by atoms with E-state index >= 15 is 0 Å². The average molecular weight is 524 g/mol. The predicted molar refractivity (Wildman–Crippen MR) is 128 cm³/mol. The number of benzene rings is 2. The molecule has 0 amide bonds. The van der Waals surface area contributed by atoms with Crippen molar-refractivity contribution in [3.63, 3.8) is 0 Å². The molecule has 0 bridgehead atoms. The topological polar surface area (TPSA) is 89.5 Å². The molecule has 0 saturated heterocycles. The molecule has 0 unspecified atom stereocenters. The Balaban J connectivity index is 1.97.